The van der Waals surface area contributed by atoms with E-state index in [0.29, 0.717) is 17.8 Å². The minimum Gasteiger partial charge on any atom is -0.271 e. The summed E-state index contributed by atoms with van der Waals surface area (Å²) in [4.78, 5) is 0. The number of rotatable bonds is 4. The average molecular weight is 274 g/mol. The molecule has 0 aromatic carbocycles. The maximum atomic E-state index is 13.2. The summed E-state index contributed by atoms with van der Waals surface area (Å²) in [6.45, 7) is 4.62. The largest absolute Gasteiger partial charge is 0.271 e. The molecule has 2 unspecified atom stereocenters. The van der Waals surface area contributed by atoms with Gasteiger partial charge in [-0.1, -0.05) is 13.8 Å². The number of alkyl halides is 2. The molecular formula is C15H28F2N2. The van der Waals surface area contributed by atoms with Crippen molar-refractivity contribution < 1.29 is 8.78 Å². The van der Waals surface area contributed by atoms with Gasteiger partial charge in [-0.25, -0.2) is 8.78 Å². The maximum Gasteiger partial charge on any atom is 0.248 e. The van der Waals surface area contributed by atoms with Crippen LogP contribution in [0.25, 0.3) is 0 Å². The molecule has 0 amide bonds. The van der Waals surface area contributed by atoms with Crippen LogP contribution in [-0.2, 0) is 0 Å². The van der Waals surface area contributed by atoms with Crippen LogP contribution < -0.4 is 11.3 Å². The van der Waals surface area contributed by atoms with Crippen LogP contribution in [0.15, 0.2) is 0 Å². The predicted octanol–water partition coefficient (Wildman–Crippen LogP) is 3.86. The zero-order chi connectivity index (χ0) is 14.1. The molecule has 0 radical (unpaired) electrons. The summed E-state index contributed by atoms with van der Waals surface area (Å²) in [5.74, 6) is 3.95. The summed E-state index contributed by atoms with van der Waals surface area (Å²) >= 11 is 0. The zero-order valence-electron chi connectivity index (χ0n) is 12.2. The average Bonchev–Trinajstić information content (AvgIpc) is 2.66. The minimum absolute atomic E-state index is 0.0589. The van der Waals surface area contributed by atoms with Crippen LogP contribution in [0.4, 0.5) is 8.78 Å². The van der Waals surface area contributed by atoms with Crippen LogP contribution in [-0.4, -0.2) is 12.0 Å². The Morgan fingerprint density at radius 1 is 1.16 bits per heavy atom. The Morgan fingerprint density at radius 3 is 2.26 bits per heavy atom. The minimum atomic E-state index is -2.43. The highest BCUT2D eigenvalue weighted by atomic mass is 19.3. The molecule has 19 heavy (non-hydrogen) atoms. The molecule has 4 heteroatoms. The van der Waals surface area contributed by atoms with Crippen molar-refractivity contribution in [3.05, 3.63) is 0 Å². The van der Waals surface area contributed by atoms with Gasteiger partial charge in [0.25, 0.3) is 0 Å². The predicted molar refractivity (Wildman–Crippen MR) is 73.8 cm³/mol. The first-order valence-corrected chi connectivity index (χ1v) is 7.65. The summed E-state index contributed by atoms with van der Waals surface area (Å²) in [5.41, 5.74) is 3.35. The Morgan fingerprint density at radius 2 is 1.79 bits per heavy atom. The van der Waals surface area contributed by atoms with E-state index >= 15 is 0 Å². The van der Waals surface area contributed by atoms with Crippen molar-refractivity contribution in [1.29, 1.82) is 0 Å². The molecule has 0 bridgehead atoms. The van der Waals surface area contributed by atoms with Gasteiger partial charge in [0, 0.05) is 18.9 Å². The molecule has 2 nitrogen and oxygen atoms in total. The van der Waals surface area contributed by atoms with Crippen LogP contribution >= 0.6 is 0 Å². The summed E-state index contributed by atoms with van der Waals surface area (Å²) in [5, 5.41) is 0. The summed E-state index contributed by atoms with van der Waals surface area (Å²) in [7, 11) is 0. The van der Waals surface area contributed by atoms with Crippen molar-refractivity contribution in [2.75, 3.05) is 0 Å². The Balaban J connectivity index is 1.84. The highest BCUT2D eigenvalue weighted by Gasteiger charge is 2.41. The molecule has 2 aliphatic carbocycles. The topological polar surface area (TPSA) is 38.0 Å². The Hall–Kier alpha value is -0.220. The number of hydrogen-bond donors (Lipinski definition) is 2. The van der Waals surface area contributed by atoms with E-state index < -0.39 is 5.92 Å². The second-order valence-electron chi connectivity index (χ2n) is 7.48. The molecule has 0 heterocycles. The van der Waals surface area contributed by atoms with Crippen LogP contribution in [0.2, 0.25) is 0 Å². The lowest BCUT2D eigenvalue weighted by Gasteiger charge is -2.38. The first kappa shape index (κ1) is 15.2. The van der Waals surface area contributed by atoms with E-state index in [1.54, 1.807) is 0 Å². The third-order valence-electron chi connectivity index (χ3n) is 5.26. The van der Waals surface area contributed by atoms with E-state index in [9.17, 15) is 8.78 Å². The van der Waals surface area contributed by atoms with Gasteiger partial charge in [-0.15, -0.1) is 0 Å². The van der Waals surface area contributed by atoms with Gasteiger partial charge in [-0.2, -0.15) is 0 Å². The molecule has 2 aliphatic rings. The number of nitrogens with two attached hydrogens (primary N) is 1. The molecule has 112 valence electrons. The Kier molecular flexibility index (Phi) is 4.51. The highest BCUT2D eigenvalue weighted by molar-refractivity contribution is 4.89. The molecule has 0 saturated heterocycles. The molecule has 0 aromatic heterocycles. The van der Waals surface area contributed by atoms with Crippen molar-refractivity contribution in [2.45, 2.75) is 77.2 Å². The standard InChI is InChI=1S/C15H28F2N2/c1-14(2)6-4-12(5-7-14)13(19-18)9-11-3-8-15(16,17)10-11/h11-13,19H,3-10,18H2,1-2H3. The first-order valence-electron chi connectivity index (χ1n) is 7.65. The number of nitrogens with one attached hydrogen (secondary N) is 1. The summed E-state index contributed by atoms with van der Waals surface area (Å²) in [6, 6.07) is 0.218. The molecule has 0 aromatic rings. The Labute approximate surface area is 115 Å². The maximum absolute atomic E-state index is 13.2. The second-order valence-corrected chi connectivity index (χ2v) is 7.48. The van der Waals surface area contributed by atoms with E-state index in [4.69, 9.17) is 5.84 Å². The molecule has 0 aliphatic heterocycles. The third-order valence-corrected chi connectivity index (χ3v) is 5.26. The fourth-order valence-electron chi connectivity index (χ4n) is 3.82. The van der Waals surface area contributed by atoms with E-state index in [2.05, 4.69) is 19.3 Å². The third kappa shape index (κ3) is 4.12. The highest BCUT2D eigenvalue weighted by Crippen LogP contribution is 2.44. The lowest BCUT2D eigenvalue weighted by Crippen LogP contribution is -2.44. The zero-order valence-corrected chi connectivity index (χ0v) is 12.2. The second kappa shape index (κ2) is 5.65. The monoisotopic (exact) mass is 274 g/mol. The van der Waals surface area contributed by atoms with E-state index in [1.807, 2.05) is 0 Å². The summed E-state index contributed by atoms with van der Waals surface area (Å²) < 4.78 is 26.5. The lowest BCUT2D eigenvalue weighted by atomic mass is 9.70. The fraction of sp³-hybridized carbons (Fsp3) is 1.00. The van der Waals surface area contributed by atoms with Gasteiger partial charge in [0.1, 0.15) is 0 Å². The molecule has 2 fully saturated rings. The van der Waals surface area contributed by atoms with Crippen molar-refractivity contribution in [2.24, 2.45) is 23.1 Å². The summed E-state index contributed by atoms with van der Waals surface area (Å²) in [6.07, 6.45) is 6.37. The molecular weight excluding hydrogens is 246 g/mol. The molecule has 3 N–H and O–H groups in total. The van der Waals surface area contributed by atoms with E-state index in [0.717, 1.165) is 6.42 Å². The normalized spacial score (nSPS) is 32.4. The van der Waals surface area contributed by atoms with Crippen LogP contribution in [0, 0.1) is 17.3 Å². The van der Waals surface area contributed by atoms with Crippen molar-refractivity contribution in [1.82, 2.24) is 5.43 Å². The van der Waals surface area contributed by atoms with Gasteiger partial charge >= 0.3 is 0 Å². The SMILES string of the molecule is CC1(C)CCC(C(CC2CCC(F)(F)C2)NN)CC1. The molecule has 2 atom stereocenters. The van der Waals surface area contributed by atoms with Gasteiger partial charge in [0.15, 0.2) is 0 Å². The molecule has 2 saturated carbocycles. The van der Waals surface area contributed by atoms with Crippen LogP contribution in [0.5, 0.6) is 0 Å². The number of hydrogen-bond acceptors (Lipinski definition) is 2. The Bertz CT molecular complexity index is 295. The molecule has 2 rings (SSSR count). The molecule has 0 spiro atoms. The number of halogens is 2. The van der Waals surface area contributed by atoms with Crippen molar-refractivity contribution in [3.63, 3.8) is 0 Å². The van der Waals surface area contributed by atoms with Crippen molar-refractivity contribution >= 4 is 0 Å². The van der Waals surface area contributed by atoms with Crippen LogP contribution in [0.3, 0.4) is 0 Å². The van der Waals surface area contributed by atoms with Gasteiger partial charge < -0.3 is 0 Å². The fourth-order valence-corrected chi connectivity index (χ4v) is 3.82. The van der Waals surface area contributed by atoms with E-state index in [1.165, 1.54) is 25.7 Å². The van der Waals surface area contributed by atoms with Gasteiger partial charge in [0.05, 0.1) is 0 Å². The van der Waals surface area contributed by atoms with Crippen molar-refractivity contribution in [3.8, 4) is 0 Å². The lowest BCUT2D eigenvalue weighted by molar-refractivity contribution is 0.00375. The smallest absolute Gasteiger partial charge is 0.248 e. The first-order chi connectivity index (χ1) is 8.81. The van der Waals surface area contributed by atoms with E-state index in [-0.39, 0.29) is 24.8 Å². The number of hydrazine groups is 1. The quantitative estimate of drug-likeness (QED) is 0.603. The van der Waals surface area contributed by atoms with Gasteiger partial charge in [0.2, 0.25) is 5.92 Å². The van der Waals surface area contributed by atoms with Gasteiger partial charge in [-0.3, -0.25) is 11.3 Å². The van der Waals surface area contributed by atoms with Gasteiger partial charge in [-0.05, 0) is 55.8 Å². The van der Waals surface area contributed by atoms with Crippen LogP contribution in [0.1, 0.15) is 65.2 Å².